The van der Waals surface area contributed by atoms with E-state index in [0.29, 0.717) is 13.1 Å². The predicted molar refractivity (Wildman–Crippen MR) is 79.4 cm³/mol. The minimum atomic E-state index is -0.799. The molecule has 0 bridgehead atoms. The maximum absolute atomic E-state index is 13.3. The third-order valence-electron chi connectivity index (χ3n) is 4.22. The molecule has 0 aliphatic rings. The summed E-state index contributed by atoms with van der Waals surface area (Å²) in [5.74, 6) is -1.59. The summed E-state index contributed by atoms with van der Waals surface area (Å²) in [7, 11) is 0. The third-order valence-corrected chi connectivity index (χ3v) is 4.22. The highest BCUT2D eigenvalue weighted by molar-refractivity contribution is 5.18. The molecule has 0 spiro atoms. The van der Waals surface area contributed by atoms with Crippen molar-refractivity contribution < 1.29 is 8.78 Å². The van der Waals surface area contributed by atoms with Gasteiger partial charge in [0.05, 0.1) is 0 Å². The van der Waals surface area contributed by atoms with Gasteiger partial charge < -0.3 is 5.73 Å². The van der Waals surface area contributed by atoms with Gasteiger partial charge in [0.15, 0.2) is 11.6 Å². The lowest BCUT2D eigenvalue weighted by Crippen LogP contribution is -2.53. The van der Waals surface area contributed by atoms with E-state index in [1.165, 1.54) is 12.1 Å². The van der Waals surface area contributed by atoms with Gasteiger partial charge in [0.25, 0.3) is 0 Å². The number of hydrogen-bond acceptors (Lipinski definition) is 2. The summed E-state index contributed by atoms with van der Waals surface area (Å²) in [6.45, 7) is 8.45. The highest BCUT2D eigenvalue weighted by Gasteiger charge is 2.31. The van der Waals surface area contributed by atoms with E-state index in [0.717, 1.165) is 31.4 Å². The molecule has 0 fully saturated rings. The molecule has 114 valence electrons. The quantitative estimate of drug-likeness (QED) is 0.789. The van der Waals surface area contributed by atoms with E-state index in [-0.39, 0.29) is 5.54 Å². The minimum absolute atomic E-state index is 0.0686. The Morgan fingerprint density at radius 1 is 1.10 bits per heavy atom. The first-order valence-corrected chi connectivity index (χ1v) is 7.42. The van der Waals surface area contributed by atoms with E-state index >= 15 is 0 Å². The Balaban J connectivity index is 2.98. The SMILES string of the molecule is CCCN(Cc1ccc(F)c(F)c1)C(CC)(CC)CN. The number of rotatable bonds is 8. The van der Waals surface area contributed by atoms with Crippen LogP contribution in [0.1, 0.15) is 45.6 Å². The van der Waals surface area contributed by atoms with Gasteiger partial charge in [-0.25, -0.2) is 8.78 Å². The molecule has 2 N–H and O–H groups in total. The van der Waals surface area contributed by atoms with Crippen molar-refractivity contribution >= 4 is 0 Å². The monoisotopic (exact) mass is 284 g/mol. The summed E-state index contributed by atoms with van der Waals surface area (Å²) in [6.07, 6.45) is 2.90. The lowest BCUT2D eigenvalue weighted by Gasteiger charge is -2.42. The van der Waals surface area contributed by atoms with E-state index < -0.39 is 11.6 Å². The van der Waals surface area contributed by atoms with Crippen LogP contribution in [-0.4, -0.2) is 23.5 Å². The van der Waals surface area contributed by atoms with E-state index in [9.17, 15) is 8.78 Å². The molecule has 0 aromatic heterocycles. The van der Waals surface area contributed by atoms with Crippen LogP contribution in [0, 0.1) is 11.6 Å². The highest BCUT2D eigenvalue weighted by atomic mass is 19.2. The normalized spacial score (nSPS) is 12.2. The standard InChI is InChI=1S/C16H26F2N2/c1-4-9-20(16(5-2,6-3)12-19)11-13-7-8-14(17)15(18)10-13/h7-8,10H,4-6,9,11-12,19H2,1-3H3. The average molecular weight is 284 g/mol. The molecular formula is C16H26F2N2. The first-order valence-electron chi connectivity index (χ1n) is 7.42. The molecule has 0 saturated carbocycles. The van der Waals surface area contributed by atoms with Crippen LogP contribution in [0.5, 0.6) is 0 Å². The Hall–Kier alpha value is -1.00. The second-order valence-electron chi connectivity index (χ2n) is 5.31. The van der Waals surface area contributed by atoms with E-state index in [2.05, 4.69) is 25.7 Å². The molecule has 0 amide bonds. The van der Waals surface area contributed by atoms with Crippen LogP contribution in [0.4, 0.5) is 8.78 Å². The molecule has 1 aromatic carbocycles. The molecule has 0 atom stereocenters. The molecule has 2 nitrogen and oxygen atoms in total. The van der Waals surface area contributed by atoms with Crippen LogP contribution in [0.2, 0.25) is 0 Å². The molecule has 20 heavy (non-hydrogen) atoms. The second kappa shape index (κ2) is 7.70. The lowest BCUT2D eigenvalue weighted by atomic mass is 9.89. The molecule has 0 aliphatic heterocycles. The Bertz CT molecular complexity index is 409. The lowest BCUT2D eigenvalue weighted by molar-refractivity contribution is 0.0765. The largest absolute Gasteiger partial charge is 0.329 e. The highest BCUT2D eigenvalue weighted by Crippen LogP contribution is 2.25. The zero-order valence-corrected chi connectivity index (χ0v) is 12.8. The average Bonchev–Trinajstić information content (AvgIpc) is 2.45. The molecule has 1 aromatic rings. The van der Waals surface area contributed by atoms with E-state index in [1.807, 2.05) is 0 Å². The van der Waals surface area contributed by atoms with Crippen molar-refractivity contribution in [1.29, 1.82) is 0 Å². The number of hydrogen-bond donors (Lipinski definition) is 1. The van der Waals surface area contributed by atoms with Crippen molar-refractivity contribution in [2.24, 2.45) is 5.73 Å². The maximum atomic E-state index is 13.3. The zero-order chi connectivity index (χ0) is 15.2. The summed E-state index contributed by atoms with van der Waals surface area (Å²) in [4.78, 5) is 2.31. The first kappa shape index (κ1) is 17.1. The smallest absolute Gasteiger partial charge is 0.159 e. The predicted octanol–water partition coefficient (Wildman–Crippen LogP) is 3.69. The van der Waals surface area contributed by atoms with Crippen molar-refractivity contribution in [3.8, 4) is 0 Å². The number of halogens is 2. The first-order chi connectivity index (χ1) is 9.52. The van der Waals surface area contributed by atoms with Gasteiger partial charge in [-0.15, -0.1) is 0 Å². The van der Waals surface area contributed by atoms with Crippen LogP contribution in [0.25, 0.3) is 0 Å². The van der Waals surface area contributed by atoms with Gasteiger partial charge in [0.2, 0.25) is 0 Å². The fourth-order valence-electron chi connectivity index (χ4n) is 2.73. The Morgan fingerprint density at radius 3 is 2.20 bits per heavy atom. The van der Waals surface area contributed by atoms with Gasteiger partial charge in [-0.2, -0.15) is 0 Å². The van der Waals surface area contributed by atoms with Gasteiger partial charge in [-0.3, -0.25) is 4.90 Å². The maximum Gasteiger partial charge on any atom is 0.159 e. The zero-order valence-electron chi connectivity index (χ0n) is 12.8. The van der Waals surface area contributed by atoms with Gasteiger partial charge in [-0.05, 0) is 43.5 Å². The van der Waals surface area contributed by atoms with Crippen molar-refractivity contribution in [3.05, 3.63) is 35.4 Å². The summed E-state index contributed by atoms with van der Waals surface area (Å²) < 4.78 is 26.3. The van der Waals surface area contributed by atoms with Crippen LogP contribution in [-0.2, 0) is 6.54 Å². The fourth-order valence-corrected chi connectivity index (χ4v) is 2.73. The molecule has 0 heterocycles. The number of nitrogens with two attached hydrogens (primary N) is 1. The molecule has 0 radical (unpaired) electrons. The molecule has 4 heteroatoms. The van der Waals surface area contributed by atoms with Crippen LogP contribution >= 0.6 is 0 Å². The number of nitrogens with zero attached hydrogens (tertiary/aromatic N) is 1. The summed E-state index contributed by atoms with van der Waals surface area (Å²) >= 11 is 0. The van der Waals surface area contributed by atoms with Gasteiger partial charge in [0.1, 0.15) is 0 Å². The number of benzene rings is 1. The molecule has 0 aliphatic carbocycles. The summed E-state index contributed by atoms with van der Waals surface area (Å²) in [6, 6.07) is 4.12. The van der Waals surface area contributed by atoms with Crippen molar-refractivity contribution in [2.45, 2.75) is 52.1 Å². The van der Waals surface area contributed by atoms with Gasteiger partial charge in [0, 0.05) is 18.6 Å². The van der Waals surface area contributed by atoms with Crippen LogP contribution in [0.3, 0.4) is 0 Å². The fraction of sp³-hybridized carbons (Fsp3) is 0.625. The molecular weight excluding hydrogens is 258 g/mol. The molecule has 1 rings (SSSR count). The van der Waals surface area contributed by atoms with Crippen LogP contribution in [0.15, 0.2) is 18.2 Å². The molecule has 0 unspecified atom stereocenters. The van der Waals surface area contributed by atoms with Crippen molar-refractivity contribution in [3.63, 3.8) is 0 Å². The third kappa shape index (κ3) is 3.76. The topological polar surface area (TPSA) is 29.3 Å². The minimum Gasteiger partial charge on any atom is -0.329 e. The summed E-state index contributed by atoms with van der Waals surface area (Å²) in [5, 5.41) is 0. The van der Waals surface area contributed by atoms with Crippen molar-refractivity contribution in [1.82, 2.24) is 4.90 Å². The van der Waals surface area contributed by atoms with E-state index in [1.54, 1.807) is 6.07 Å². The second-order valence-corrected chi connectivity index (χ2v) is 5.31. The summed E-state index contributed by atoms with van der Waals surface area (Å²) in [5.41, 5.74) is 6.71. The Morgan fingerprint density at radius 2 is 1.75 bits per heavy atom. The van der Waals surface area contributed by atoms with E-state index in [4.69, 9.17) is 5.73 Å². The van der Waals surface area contributed by atoms with Gasteiger partial charge in [-0.1, -0.05) is 26.8 Å². The van der Waals surface area contributed by atoms with Gasteiger partial charge >= 0.3 is 0 Å². The molecule has 0 saturated heterocycles. The Labute approximate surface area is 121 Å². The Kier molecular flexibility index (Phi) is 6.56. The van der Waals surface area contributed by atoms with Crippen LogP contribution < -0.4 is 5.73 Å². The van der Waals surface area contributed by atoms with Crippen molar-refractivity contribution in [2.75, 3.05) is 13.1 Å².